The van der Waals surface area contributed by atoms with Crippen LogP contribution in [0, 0.1) is 29.7 Å². The summed E-state index contributed by atoms with van der Waals surface area (Å²) in [5.41, 5.74) is 4.25. The second-order valence-corrected chi connectivity index (χ2v) is 8.33. The first-order valence-corrected chi connectivity index (χ1v) is 11.1. The normalized spacial score (nSPS) is 15.1. The minimum absolute atomic E-state index is 0.200. The Hall–Kier alpha value is -4.44. The van der Waals surface area contributed by atoms with Gasteiger partial charge in [0.15, 0.2) is 6.19 Å². The van der Waals surface area contributed by atoms with Crippen LogP contribution in [0.1, 0.15) is 49.0 Å². The molecular formula is C24H23N9O. The molecule has 1 atom stereocenters. The number of hydrogen-bond acceptors (Lipinski definition) is 8. The summed E-state index contributed by atoms with van der Waals surface area (Å²) >= 11 is 0. The van der Waals surface area contributed by atoms with E-state index >= 15 is 0 Å². The Kier molecular flexibility index (Phi) is 5.56. The fourth-order valence-electron chi connectivity index (χ4n) is 4.40. The molecule has 4 aromatic heterocycles. The highest BCUT2D eigenvalue weighted by atomic mass is 16.5. The number of pyridine rings is 2. The van der Waals surface area contributed by atoms with E-state index in [0.717, 1.165) is 48.6 Å². The zero-order valence-corrected chi connectivity index (χ0v) is 19.0. The first-order valence-electron chi connectivity index (χ1n) is 11.1. The zero-order valence-electron chi connectivity index (χ0n) is 19.0. The van der Waals surface area contributed by atoms with Gasteiger partial charge in [-0.15, -0.1) is 5.10 Å². The number of fused-ring (bicyclic) bond motifs is 1. The summed E-state index contributed by atoms with van der Waals surface area (Å²) in [6.45, 7) is 5.35. The van der Waals surface area contributed by atoms with Crippen molar-refractivity contribution in [1.29, 1.82) is 10.5 Å². The molecule has 0 N–H and O–H groups in total. The molecule has 0 bridgehead atoms. The zero-order chi connectivity index (χ0) is 23.7. The number of imidazole rings is 1. The number of hydrogen-bond donors (Lipinski definition) is 0. The first kappa shape index (κ1) is 21.4. The summed E-state index contributed by atoms with van der Waals surface area (Å²) in [6, 6.07) is 11.8. The topological polar surface area (TPSA) is 121 Å². The molecule has 1 aliphatic heterocycles. The van der Waals surface area contributed by atoms with E-state index in [1.807, 2.05) is 48.9 Å². The maximum Gasteiger partial charge on any atom is 0.201 e. The van der Waals surface area contributed by atoms with Crippen LogP contribution in [-0.4, -0.2) is 47.4 Å². The Labute approximate surface area is 196 Å². The molecule has 34 heavy (non-hydrogen) atoms. The number of piperidine rings is 1. The molecule has 0 aromatic carbocycles. The minimum atomic E-state index is -0.337. The Bertz CT molecular complexity index is 1400. The number of ether oxygens (including phenoxy) is 1. The number of rotatable bonds is 5. The van der Waals surface area contributed by atoms with E-state index in [4.69, 9.17) is 10.00 Å². The van der Waals surface area contributed by atoms with Crippen molar-refractivity contribution in [1.82, 2.24) is 34.3 Å². The second kappa shape index (κ2) is 8.83. The summed E-state index contributed by atoms with van der Waals surface area (Å²) in [4.78, 5) is 10.6. The highest BCUT2D eigenvalue weighted by Gasteiger charge is 2.24. The van der Waals surface area contributed by atoms with E-state index in [9.17, 15) is 5.26 Å². The van der Waals surface area contributed by atoms with Crippen LogP contribution in [0.2, 0.25) is 0 Å². The summed E-state index contributed by atoms with van der Waals surface area (Å²) in [5.74, 6) is 0.482. The van der Waals surface area contributed by atoms with E-state index in [1.54, 1.807) is 15.5 Å². The van der Waals surface area contributed by atoms with Gasteiger partial charge in [-0.05, 0) is 44.9 Å². The lowest BCUT2D eigenvalue weighted by Crippen LogP contribution is -2.31. The van der Waals surface area contributed by atoms with Crippen LogP contribution < -0.4 is 4.74 Å². The average Bonchev–Trinajstić information content (AvgIpc) is 3.48. The summed E-state index contributed by atoms with van der Waals surface area (Å²) in [7, 11) is 0. The summed E-state index contributed by atoms with van der Waals surface area (Å²) in [6.07, 6.45) is 6.83. The van der Waals surface area contributed by atoms with Crippen LogP contribution in [0.25, 0.3) is 16.9 Å². The van der Waals surface area contributed by atoms with Crippen molar-refractivity contribution in [2.45, 2.75) is 38.8 Å². The fourth-order valence-corrected chi connectivity index (χ4v) is 4.40. The molecule has 4 aromatic rings. The van der Waals surface area contributed by atoms with Crippen molar-refractivity contribution in [2.24, 2.45) is 0 Å². The van der Waals surface area contributed by atoms with Crippen LogP contribution in [0.3, 0.4) is 0 Å². The summed E-state index contributed by atoms with van der Waals surface area (Å²) in [5, 5.41) is 27.6. The number of likely N-dealkylation sites (tertiary alicyclic amines) is 1. The van der Waals surface area contributed by atoms with Crippen LogP contribution in [-0.2, 0) is 0 Å². The van der Waals surface area contributed by atoms with Gasteiger partial charge in [-0.1, -0.05) is 11.3 Å². The number of nitriles is 2. The molecule has 0 saturated carbocycles. The van der Waals surface area contributed by atoms with E-state index in [2.05, 4.69) is 32.5 Å². The van der Waals surface area contributed by atoms with Gasteiger partial charge < -0.3 is 9.64 Å². The molecule has 0 unspecified atom stereocenters. The second-order valence-electron chi connectivity index (χ2n) is 8.33. The summed E-state index contributed by atoms with van der Waals surface area (Å²) < 4.78 is 9.93. The van der Waals surface area contributed by atoms with Gasteiger partial charge in [0.1, 0.15) is 29.2 Å². The van der Waals surface area contributed by atoms with Crippen molar-refractivity contribution in [3.63, 3.8) is 0 Å². The molecule has 0 amide bonds. The highest BCUT2D eigenvalue weighted by molar-refractivity contribution is 5.68. The van der Waals surface area contributed by atoms with Crippen molar-refractivity contribution >= 4 is 5.65 Å². The minimum Gasteiger partial charge on any atom is -0.469 e. The van der Waals surface area contributed by atoms with Crippen molar-refractivity contribution in [3.05, 3.63) is 59.8 Å². The van der Waals surface area contributed by atoms with E-state index in [1.165, 1.54) is 6.20 Å². The molecule has 1 aliphatic rings. The molecule has 10 heteroatoms. The van der Waals surface area contributed by atoms with Gasteiger partial charge in [0.2, 0.25) is 5.88 Å². The molecular weight excluding hydrogens is 430 g/mol. The molecule has 10 nitrogen and oxygen atoms in total. The largest absolute Gasteiger partial charge is 0.469 e. The molecule has 0 spiro atoms. The lowest BCUT2D eigenvalue weighted by molar-refractivity contribution is 0.210. The van der Waals surface area contributed by atoms with E-state index in [0.29, 0.717) is 17.2 Å². The number of nitrogens with zero attached hydrogens (tertiary/aromatic N) is 9. The van der Waals surface area contributed by atoms with Gasteiger partial charge in [0.05, 0.1) is 23.6 Å². The predicted octanol–water partition coefficient (Wildman–Crippen LogP) is 3.43. The lowest BCUT2D eigenvalue weighted by atomic mass is 10.0. The van der Waals surface area contributed by atoms with Crippen molar-refractivity contribution in [3.8, 4) is 29.4 Å². The van der Waals surface area contributed by atoms with Gasteiger partial charge in [0.25, 0.3) is 0 Å². The van der Waals surface area contributed by atoms with Gasteiger partial charge in [-0.25, -0.2) is 9.67 Å². The van der Waals surface area contributed by atoms with Gasteiger partial charge in [0, 0.05) is 30.9 Å². The maximum absolute atomic E-state index is 9.59. The standard InChI is InChI=1S/C24H23N9O/c1-16-24(29-30-33(16)19-6-9-31(15-26)10-7-19)18-11-22-28-14-20(13-25)32(22)23(12-18)34-17(2)21-5-3-4-8-27-21/h3-5,8,11-12,14,17,19H,6-7,9-10H2,1-2H3/t17-/m1/s1. The Morgan fingerprint density at radius 2 is 1.97 bits per heavy atom. The van der Waals surface area contributed by atoms with Crippen LogP contribution in [0.15, 0.2) is 42.7 Å². The maximum atomic E-state index is 9.59. The Morgan fingerprint density at radius 1 is 1.15 bits per heavy atom. The Balaban J connectivity index is 1.52. The van der Waals surface area contributed by atoms with E-state index < -0.39 is 0 Å². The van der Waals surface area contributed by atoms with Crippen LogP contribution >= 0.6 is 0 Å². The third kappa shape index (κ3) is 3.80. The average molecular weight is 454 g/mol. The Morgan fingerprint density at radius 3 is 2.68 bits per heavy atom. The molecule has 5 rings (SSSR count). The quantitative estimate of drug-likeness (QED) is 0.421. The fraction of sp³-hybridized carbons (Fsp3) is 0.333. The molecule has 0 radical (unpaired) electrons. The molecule has 0 aliphatic carbocycles. The smallest absolute Gasteiger partial charge is 0.201 e. The predicted molar refractivity (Wildman–Crippen MR) is 122 cm³/mol. The molecule has 5 heterocycles. The van der Waals surface area contributed by atoms with E-state index in [-0.39, 0.29) is 12.1 Å². The van der Waals surface area contributed by atoms with Crippen molar-refractivity contribution in [2.75, 3.05) is 13.1 Å². The van der Waals surface area contributed by atoms with Crippen molar-refractivity contribution < 1.29 is 4.74 Å². The molecule has 1 fully saturated rings. The SMILES string of the molecule is Cc1c(-c2cc(O[C@H](C)c3ccccn3)n3c(C#N)cnc3c2)nnn1C1CCN(C#N)CC1. The monoisotopic (exact) mass is 453 g/mol. The van der Waals surface area contributed by atoms with Gasteiger partial charge in [-0.3, -0.25) is 9.38 Å². The lowest BCUT2D eigenvalue weighted by Gasteiger charge is -2.28. The first-order chi connectivity index (χ1) is 16.6. The number of aromatic nitrogens is 6. The van der Waals surface area contributed by atoms with Crippen LogP contribution in [0.4, 0.5) is 0 Å². The third-order valence-electron chi connectivity index (χ3n) is 6.24. The third-order valence-corrected chi connectivity index (χ3v) is 6.24. The van der Waals surface area contributed by atoms with Crippen LogP contribution in [0.5, 0.6) is 5.88 Å². The van der Waals surface area contributed by atoms with Gasteiger partial charge in [-0.2, -0.15) is 10.5 Å². The van der Waals surface area contributed by atoms with Gasteiger partial charge >= 0.3 is 0 Å². The highest BCUT2D eigenvalue weighted by Crippen LogP contribution is 2.32. The molecule has 1 saturated heterocycles. The molecule has 170 valence electrons.